The van der Waals surface area contributed by atoms with E-state index in [0.717, 1.165) is 23.4 Å². The van der Waals surface area contributed by atoms with Crippen LogP contribution in [-0.4, -0.2) is 30.0 Å². The van der Waals surface area contributed by atoms with E-state index in [1.165, 1.54) is 32.2 Å². The van der Waals surface area contributed by atoms with Gasteiger partial charge in [0.1, 0.15) is 0 Å². The highest BCUT2D eigenvalue weighted by atomic mass is 15.2. The molecule has 1 heterocycles. The number of hydrogen-bond donors (Lipinski definition) is 1. The fourth-order valence-electron chi connectivity index (χ4n) is 4.20. The number of hydrogen-bond acceptors (Lipinski definition) is 3. The highest BCUT2D eigenvalue weighted by Gasteiger charge is 2.40. The van der Waals surface area contributed by atoms with Crippen LogP contribution in [0.3, 0.4) is 0 Å². The molecule has 104 valence electrons. The second kappa shape index (κ2) is 5.59. The first-order valence-corrected chi connectivity index (χ1v) is 7.59. The van der Waals surface area contributed by atoms with Gasteiger partial charge in [-0.15, -0.1) is 0 Å². The summed E-state index contributed by atoms with van der Waals surface area (Å²) < 4.78 is 0. The summed E-state index contributed by atoms with van der Waals surface area (Å²) in [5.41, 5.74) is 7.08. The predicted molar refractivity (Wildman–Crippen MR) is 77.6 cm³/mol. The van der Waals surface area contributed by atoms with E-state index in [9.17, 15) is 0 Å². The summed E-state index contributed by atoms with van der Waals surface area (Å²) in [6.45, 7) is 1.83. The molecule has 2 saturated carbocycles. The van der Waals surface area contributed by atoms with Crippen LogP contribution in [0.1, 0.15) is 37.4 Å². The Morgan fingerprint density at radius 2 is 2.26 bits per heavy atom. The molecule has 2 bridgehead atoms. The second-order valence-electron chi connectivity index (χ2n) is 6.38. The fraction of sp³-hybridized carbons (Fsp3) is 0.688. The zero-order chi connectivity index (χ0) is 13.2. The minimum absolute atomic E-state index is 0.264. The quantitative estimate of drug-likeness (QED) is 0.883. The second-order valence-corrected chi connectivity index (χ2v) is 6.38. The first-order valence-electron chi connectivity index (χ1n) is 7.59. The maximum absolute atomic E-state index is 5.97. The molecule has 0 saturated heterocycles. The Morgan fingerprint density at radius 1 is 1.37 bits per heavy atom. The Hall–Kier alpha value is -0.930. The summed E-state index contributed by atoms with van der Waals surface area (Å²) in [5, 5.41) is 0. The van der Waals surface area contributed by atoms with Gasteiger partial charge in [-0.05, 0) is 56.2 Å². The monoisotopic (exact) mass is 259 g/mol. The standard InChI is InChI=1S/C16H25N3/c1-19(11-14-9-12-5-6-13(14)8-12)16(10-17)15-4-2-3-7-18-15/h2-4,7,12-14,16H,5-6,8-11,17H2,1H3. The normalized spacial score (nSPS) is 31.0. The zero-order valence-corrected chi connectivity index (χ0v) is 11.8. The Morgan fingerprint density at radius 3 is 2.84 bits per heavy atom. The Balaban J connectivity index is 1.64. The molecule has 4 unspecified atom stereocenters. The number of likely N-dealkylation sites (N-methyl/N-ethyl adjacent to an activating group) is 1. The molecule has 2 N–H and O–H groups in total. The first-order chi connectivity index (χ1) is 9.28. The summed E-state index contributed by atoms with van der Waals surface area (Å²) in [6.07, 6.45) is 7.72. The summed E-state index contributed by atoms with van der Waals surface area (Å²) in [4.78, 5) is 6.90. The van der Waals surface area contributed by atoms with Crippen LogP contribution in [0.2, 0.25) is 0 Å². The maximum atomic E-state index is 5.97. The van der Waals surface area contributed by atoms with Crippen LogP contribution < -0.4 is 5.73 Å². The molecule has 0 aliphatic heterocycles. The van der Waals surface area contributed by atoms with E-state index < -0.39 is 0 Å². The lowest BCUT2D eigenvalue weighted by molar-refractivity contribution is 0.173. The minimum Gasteiger partial charge on any atom is -0.329 e. The van der Waals surface area contributed by atoms with Gasteiger partial charge in [-0.3, -0.25) is 9.88 Å². The van der Waals surface area contributed by atoms with Crippen LogP contribution >= 0.6 is 0 Å². The van der Waals surface area contributed by atoms with E-state index in [2.05, 4.69) is 29.1 Å². The molecule has 1 aromatic rings. The average molecular weight is 259 g/mol. The van der Waals surface area contributed by atoms with Gasteiger partial charge in [0.25, 0.3) is 0 Å². The van der Waals surface area contributed by atoms with Gasteiger partial charge in [0, 0.05) is 19.3 Å². The van der Waals surface area contributed by atoms with Crippen molar-refractivity contribution in [2.75, 3.05) is 20.1 Å². The van der Waals surface area contributed by atoms with Crippen molar-refractivity contribution in [3.63, 3.8) is 0 Å². The smallest absolute Gasteiger partial charge is 0.0642 e. The lowest BCUT2D eigenvalue weighted by Gasteiger charge is -2.32. The van der Waals surface area contributed by atoms with Crippen LogP contribution in [0.15, 0.2) is 24.4 Å². The molecule has 3 nitrogen and oxygen atoms in total. The number of nitrogens with two attached hydrogens (primary N) is 1. The van der Waals surface area contributed by atoms with Crippen molar-refractivity contribution in [2.24, 2.45) is 23.5 Å². The molecule has 4 atom stereocenters. The van der Waals surface area contributed by atoms with Crippen LogP contribution in [0.25, 0.3) is 0 Å². The summed E-state index contributed by atoms with van der Waals surface area (Å²) in [7, 11) is 2.21. The van der Waals surface area contributed by atoms with Crippen molar-refractivity contribution in [1.29, 1.82) is 0 Å². The predicted octanol–water partition coefficient (Wildman–Crippen LogP) is 2.45. The van der Waals surface area contributed by atoms with Gasteiger partial charge in [-0.25, -0.2) is 0 Å². The van der Waals surface area contributed by atoms with Gasteiger partial charge in [-0.2, -0.15) is 0 Å². The summed E-state index contributed by atoms with van der Waals surface area (Å²) in [5.74, 6) is 2.89. The van der Waals surface area contributed by atoms with Gasteiger partial charge in [0.05, 0.1) is 11.7 Å². The van der Waals surface area contributed by atoms with Crippen molar-refractivity contribution < 1.29 is 0 Å². The summed E-state index contributed by atoms with van der Waals surface area (Å²) in [6, 6.07) is 6.37. The number of aromatic nitrogens is 1. The van der Waals surface area contributed by atoms with E-state index in [4.69, 9.17) is 5.73 Å². The molecule has 2 aliphatic rings. The molecule has 3 heteroatoms. The van der Waals surface area contributed by atoms with Gasteiger partial charge in [-0.1, -0.05) is 12.5 Å². The van der Waals surface area contributed by atoms with Crippen LogP contribution in [0.4, 0.5) is 0 Å². The van der Waals surface area contributed by atoms with Crippen molar-refractivity contribution in [1.82, 2.24) is 9.88 Å². The molecular weight excluding hydrogens is 234 g/mol. The van der Waals surface area contributed by atoms with Gasteiger partial charge in [0.2, 0.25) is 0 Å². The first kappa shape index (κ1) is 13.1. The van der Waals surface area contributed by atoms with Gasteiger partial charge >= 0.3 is 0 Å². The van der Waals surface area contributed by atoms with E-state index >= 15 is 0 Å². The van der Waals surface area contributed by atoms with E-state index in [1.54, 1.807) is 0 Å². The molecule has 19 heavy (non-hydrogen) atoms. The van der Waals surface area contributed by atoms with E-state index in [1.807, 2.05) is 12.3 Å². The van der Waals surface area contributed by atoms with Gasteiger partial charge in [0.15, 0.2) is 0 Å². The Kier molecular flexibility index (Phi) is 3.85. The number of rotatable bonds is 5. The number of pyridine rings is 1. The molecule has 3 rings (SSSR count). The van der Waals surface area contributed by atoms with Crippen LogP contribution in [-0.2, 0) is 0 Å². The molecule has 0 amide bonds. The number of nitrogens with zero attached hydrogens (tertiary/aromatic N) is 2. The summed E-state index contributed by atoms with van der Waals surface area (Å²) >= 11 is 0. The van der Waals surface area contributed by atoms with Crippen molar-refractivity contribution in [3.05, 3.63) is 30.1 Å². The Labute approximate surface area is 116 Å². The molecule has 0 aromatic carbocycles. The molecule has 0 radical (unpaired) electrons. The van der Waals surface area contributed by atoms with E-state index in [0.29, 0.717) is 6.54 Å². The van der Waals surface area contributed by atoms with E-state index in [-0.39, 0.29) is 6.04 Å². The number of fused-ring (bicyclic) bond motifs is 2. The molecule has 0 spiro atoms. The minimum atomic E-state index is 0.264. The topological polar surface area (TPSA) is 42.1 Å². The SMILES string of the molecule is CN(CC1CC2CCC1C2)C(CN)c1ccccn1. The average Bonchev–Trinajstić information content (AvgIpc) is 3.03. The Bertz CT molecular complexity index is 406. The van der Waals surface area contributed by atoms with Crippen molar-refractivity contribution in [3.8, 4) is 0 Å². The third-order valence-corrected chi connectivity index (χ3v) is 5.19. The lowest BCUT2D eigenvalue weighted by Crippen LogP contribution is -2.36. The van der Waals surface area contributed by atoms with Crippen molar-refractivity contribution in [2.45, 2.75) is 31.7 Å². The fourth-order valence-corrected chi connectivity index (χ4v) is 4.20. The highest BCUT2D eigenvalue weighted by molar-refractivity contribution is 5.09. The van der Waals surface area contributed by atoms with Crippen LogP contribution in [0, 0.1) is 17.8 Å². The maximum Gasteiger partial charge on any atom is 0.0642 e. The highest BCUT2D eigenvalue weighted by Crippen LogP contribution is 2.48. The van der Waals surface area contributed by atoms with Crippen LogP contribution in [0.5, 0.6) is 0 Å². The largest absolute Gasteiger partial charge is 0.329 e. The molecule has 1 aromatic heterocycles. The third kappa shape index (κ3) is 2.67. The zero-order valence-electron chi connectivity index (χ0n) is 11.8. The van der Waals surface area contributed by atoms with Crippen molar-refractivity contribution >= 4 is 0 Å². The molecular formula is C16H25N3. The lowest BCUT2D eigenvalue weighted by atomic mass is 9.88. The third-order valence-electron chi connectivity index (χ3n) is 5.19. The molecule has 2 fully saturated rings. The van der Waals surface area contributed by atoms with Gasteiger partial charge < -0.3 is 5.73 Å². The molecule has 2 aliphatic carbocycles.